The predicted octanol–water partition coefficient (Wildman–Crippen LogP) is 1.44. The third-order valence-corrected chi connectivity index (χ3v) is 4.11. The van der Waals surface area contributed by atoms with Crippen molar-refractivity contribution in [3.8, 4) is 0 Å². The van der Waals surface area contributed by atoms with Gasteiger partial charge in [0, 0.05) is 32.8 Å². The fourth-order valence-corrected chi connectivity index (χ4v) is 2.92. The van der Waals surface area contributed by atoms with Crippen LogP contribution in [0.5, 0.6) is 0 Å². The van der Waals surface area contributed by atoms with Crippen LogP contribution in [0.3, 0.4) is 0 Å². The van der Waals surface area contributed by atoms with Crippen molar-refractivity contribution in [3.63, 3.8) is 0 Å². The number of aryl methyl sites for hydroxylation is 1. The second kappa shape index (κ2) is 6.31. The van der Waals surface area contributed by atoms with Crippen molar-refractivity contribution in [2.24, 2.45) is 0 Å². The second-order valence-electron chi connectivity index (χ2n) is 5.76. The molecule has 1 fully saturated rings. The Morgan fingerprint density at radius 3 is 3.14 bits per heavy atom. The van der Waals surface area contributed by atoms with Gasteiger partial charge in [0.2, 0.25) is 5.89 Å². The Labute approximate surface area is 129 Å². The van der Waals surface area contributed by atoms with Gasteiger partial charge in [-0.1, -0.05) is 5.16 Å². The maximum absolute atomic E-state index is 12.4. The van der Waals surface area contributed by atoms with Gasteiger partial charge in [-0.2, -0.15) is 4.98 Å². The van der Waals surface area contributed by atoms with E-state index >= 15 is 0 Å². The molecule has 1 aliphatic heterocycles. The highest BCUT2D eigenvalue weighted by Crippen LogP contribution is 2.18. The molecule has 7 nitrogen and oxygen atoms in total. The van der Waals surface area contributed by atoms with E-state index in [4.69, 9.17) is 4.52 Å². The van der Waals surface area contributed by atoms with Crippen LogP contribution in [-0.4, -0.2) is 57.0 Å². The van der Waals surface area contributed by atoms with E-state index in [9.17, 15) is 4.79 Å². The maximum atomic E-state index is 12.4. The molecule has 1 unspecified atom stereocenters. The van der Waals surface area contributed by atoms with Crippen LogP contribution >= 0.6 is 0 Å². The molecule has 0 bridgehead atoms. The lowest BCUT2D eigenvalue weighted by molar-refractivity contribution is 0.0600. The van der Waals surface area contributed by atoms with Gasteiger partial charge in [-0.25, -0.2) is 0 Å². The molecule has 22 heavy (non-hydrogen) atoms. The van der Waals surface area contributed by atoms with Gasteiger partial charge in [-0.3, -0.25) is 9.69 Å². The molecule has 1 N–H and O–H groups in total. The number of piperidine rings is 1. The van der Waals surface area contributed by atoms with Gasteiger partial charge in [-0.15, -0.1) is 0 Å². The Hall–Kier alpha value is -2.15. The van der Waals surface area contributed by atoms with E-state index in [0.29, 0.717) is 24.0 Å². The first kappa shape index (κ1) is 14.8. The third kappa shape index (κ3) is 3.19. The summed E-state index contributed by atoms with van der Waals surface area (Å²) in [5.74, 6) is 1.33. The van der Waals surface area contributed by atoms with Crippen LogP contribution < -0.4 is 0 Å². The molecular formula is C15H21N5O2. The molecule has 2 aromatic rings. The van der Waals surface area contributed by atoms with Gasteiger partial charge in [0.05, 0.1) is 6.54 Å². The topological polar surface area (TPSA) is 78.3 Å². The summed E-state index contributed by atoms with van der Waals surface area (Å²) in [4.78, 5) is 23.7. The Kier molecular flexibility index (Phi) is 4.24. The van der Waals surface area contributed by atoms with Crippen molar-refractivity contribution in [3.05, 3.63) is 35.7 Å². The van der Waals surface area contributed by atoms with E-state index < -0.39 is 0 Å². The number of likely N-dealkylation sites (N-methyl/N-ethyl adjacent to an activating group) is 1. The molecule has 1 aliphatic rings. The summed E-state index contributed by atoms with van der Waals surface area (Å²) < 4.78 is 5.01. The van der Waals surface area contributed by atoms with Crippen molar-refractivity contribution in [2.45, 2.75) is 32.4 Å². The van der Waals surface area contributed by atoms with Gasteiger partial charge < -0.3 is 14.4 Å². The Morgan fingerprint density at radius 2 is 2.45 bits per heavy atom. The average Bonchev–Trinajstić information content (AvgIpc) is 3.18. The van der Waals surface area contributed by atoms with E-state index in [-0.39, 0.29) is 11.9 Å². The molecule has 2 aromatic heterocycles. The second-order valence-corrected chi connectivity index (χ2v) is 5.76. The highest BCUT2D eigenvalue weighted by molar-refractivity contribution is 5.92. The molecule has 3 rings (SSSR count). The molecule has 0 saturated carbocycles. The maximum Gasteiger partial charge on any atom is 0.270 e. The molecule has 0 aromatic carbocycles. The summed E-state index contributed by atoms with van der Waals surface area (Å²) in [7, 11) is 1.87. The molecule has 1 atom stereocenters. The number of nitrogens with one attached hydrogen (secondary N) is 1. The monoisotopic (exact) mass is 303 g/mol. The van der Waals surface area contributed by atoms with Gasteiger partial charge in [-0.05, 0) is 31.5 Å². The normalized spacial score (nSPS) is 19.3. The fourth-order valence-electron chi connectivity index (χ4n) is 2.92. The number of likely N-dealkylation sites (tertiary alicyclic amines) is 1. The number of carbonyl (C=O) groups excluding carboxylic acids is 1. The van der Waals surface area contributed by atoms with E-state index in [1.165, 1.54) is 0 Å². The van der Waals surface area contributed by atoms with E-state index in [1.54, 1.807) is 13.1 Å². The van der Waals surface area contributed by atoms with Crippen LogP contribution in [-0.2, 0) is 6.54 Å². The van der Waals surface area contributed by atoms with Crippen molar-refractivity contribution in [1.29, 1.82) is 0 Å². The zero-order valence-electron chi connectivity index (χ0n) is 13.0. The SMILES string of the molecule is Cc1nc(CN2CCCC(N(C)C(=O)c3ccc[nH]3)C2)no1. The van der Waals surface area contributed by atoms with Crippen LogP contribution in [0.25, 0.3) is 0 Å². The van der Waals surface area contributed by atoms with Crippen LogP contribution in [0.4, 0.5) is 0 Å². The smallest absolute Gasteiger partial charge is 0.270 e. The number of amides is 1. The van der Waals surface area contributed by atoms with Gasteiger partial charge >= 0.3 is 0 Å². The number of hydrogen-bond donors (Lipinski definition) is 1. The van der Waals surface area contributed by atoms with Crippen LogP contribution in [0.1, 0.15) is 35.0 Å². The first-order valence-electron chi connectivity index (χ1n) is 7.55. The predicted molar refractivity (Wildman–Crippen MR) is 80.2 cm³/mol. The quantitative estimate of drug-likeness (QED) is 0.924. The van der Waals surface area contributed by atoms with Crippen LogP contribution in [0, 0.1) is 6.92 Å². The minimum absolute atomic E-state index is 0.0345. The number of rotatable bonds is 4. The van der Waals surface area contributed by atoms with Gasteiger partial charge in [0.1, 0.15) is 5.69 Å². The number of aromatic amines is 1. The Balaban J connectivity index is 1.61. The van der Waals surface area contributed by atoms with Crippen molar-refractivity contribution < 1.29 is 9.32 Å². The number of nitrogens with zero attached hydrogens (tertiary/aromatic N) is 4. The summed E-state index contributed by atoms with van der Waals surface area (Å²) in [5.41, 5.74) is 0.633. The molecule has 3 heterocycles. The molecule has 0 aliphatic carbocycles. The zero-order valence-corrected chi connectivity index (χ0v) is 13.0. The van der Waals surface area contributed by atoms with Crippen LogP contribution in [0.2, 0.25) is 0 Å². The number of hydrogen-bond acceptors (Lipinski definition) is 5. The minimum Gasteiger partial charge on any atom is -0.357 e. The lowest BCUT2D eigenvalue weighted by Gasteiger charge is -2.37. The molecule has 0 spiro atoms. The van der Waals surface area contributed by atoms with Gasteiger partial charge in [0.15, 0.2) is 5.82 Å². The van der Waals surface area contributed by atoms with Crippen molar-refractivity contribution in [1.82, 2.24) is 24.9 Å². The van der Waals surface area contributed by atoms with Crippen molar-refractivity contribution in [2.75, 3.05) is 20.1 Å². The van der Waals surface area contributed by atoms with Crippen molar-refractivity contribution >= 4 is 5.91 Å². The van der Waals surface area contributed by atoms with E-state index in [0.717, 1.165) is 25.9 Å². The first-order chi connectivity index (χ1) is 10.6. The third-order valence-electron chi connectivity index (χ3n) is 4.11. The molecule has 0 radical (unpaired) electrons. The Morgan fingerprint density at radius 1 is 1.59 bits per heavy atom. The van der Waals surface area contributed by atoms with Crippen LogP contribution in [0.15, 0.2) is 22.9 Å². The first-order valence-corrected chi connectivity index (χ1v) is 7.55. The molecular weight excluding hydrogens is 282 g/mol. The molecule has 7 heteroatoms. The summed E-state index contributed by atoms with van der Waals surface area (Å²) in [6, 6.07) is 3.85. The average molecular weight is 303 g/mol. The lowest BCUT2D eigenvalue weighted by Crippen LogP contribution is -2.48. The standard InChI is InChI=1S/C15H21N5O2/c1-11-17-14(18-22-11)10-20-8-4-5-12(9-20)19(2)15(21)13-6-3-7-16-13/h3,6-7,12,16H,4-5,8-10H2,1-2H3. The Bertz CT molecular complexity index is 622. The molecule has 118 valence electrons. The van der Waals surface area contributed by atoms with E-state index in [1.807, 2.05) is 24.1 Å². The number of carbonyl (C=O) groups is 1. The molecule has 1 amide bonds. The zero-order chi connectivity index (χ0) is 15.5. The van der Waals surface area contributed by atoms with E-state index in [2.05, 4.69) is 20.0 Å². The fraction of sp³-hybridized carbons (Fsp3) is 0.533. The molecule has 1 saturated heterocycles. The minimum atomic E-state index is 0.0345. The summed E-state index contributed by atoms with van der Waals surface area (Å²) in [5, 5.41) is 3.94. The number of H-pyrrole nitrogens is 1. The number of aromatic nitrogens is 3. The summed E-state index contributed by atoms with van der Waals surface area (Å²) in [6.07, 6.45) is 3.85. The van der Waals surface area contributed by atoms with Gasteiger partial charge in [0.25, 0.3) is 5.91 Å². The summed E-state index contributed by atoms with van der Waals surface area (Å²) >= 11 is 0. The summed E-state index contributed by atoms with van der Waals surface area (Å²) in [6.45, 7) is 4.28. The highest BCUT2D eigenvalue weighted by Gasteiger charge is 2.27. The lowest BCUT2D eigenvalue weighted by atomic mass is 10.0. The largest absolute Gasteiger partial charge is 0.357 e. The highest BCUT2D eigenvalue weighted by atomic mass is 16.5.